The topological polar surface area (TPSA) is 57.8 Å². The molecule has 0 spiro atoms. The highest BCUT2D eigenvalue weighted by molar-refractivity contribution is 7.99. The molecular formula is C15H18ClN3OS. The second kappa shape index (κ2) is 7.52. The second-order valence-electron chi connectivity index (χ2n) is 4.96. The maximum Gasteiger partial charge on any atom is 0.226 e. The minimum Gasteiger partial charge on any atom is -0.309 e. The summed E-state index contributed by atoms with van der Waals surface area (Å²) < 4.78 is 0. The number of nitrogens with one attached hydrogen (secondary N) is 2. The predicted molar refractivity (Wildman–Crippen MR) is 88.1 cm³/mol. The molecule has 0 aliphatic heterocycles. The molecule has 2 aromatic rings. The number of anilines is 1. The van der Waals surface area contributed by atoms with E-state index < -0.39 is 0 Å². The molecule has 2 rings (SSSR count). The van der Waals surface area contributed by atoms with Gasteiger partial charge in [-0.2, -0.15) is 5.10 Å². The van der Waals surface area contributed by atoms with Gasteiger partial charge in [0.1, 0.15) is 0 Å². The molecule has 1 aromatic carbocycles. The molecule has 112 valence electrons. The minimum absolute atomic E-state index is 0.0294. The van der Waals surface area contributed by atoms with Crippen LogP contribution < -0.4 is 5.32 Å². The van der Waals surface area contributed by atoms with E-state index in [9.17, 15) is 4.79 Å². The number of rotatable bonds is 6. The molecule has 1 amide bonds. The van der Waals surface area contributed by atoms with Crippen LogP contribution in [0.1, 0.15) is 31.9 Å². The lowest BCUT2D eigenvalue weighted by molar-refractivity contribution is -0.115. The van der Waals surface area contributed by atoms with Crippen LogP contribution in [0.3, 0.4) is 0 Å². The normalized spacial score (nSPS) is 10.9. The number of hydrogen-bond acceptors (Lipinski definition) is 3. The monoisotopic (exact) mass is 323 g/mol. The van der Waals surface area contributed by atoms with Gasteiger partial charge in [0.05, 0.1) is 0 Å². The fraction of sp³-hybridized carbons (Fsp3) is 0.333. The first-order chi connectivity index (χ1) is 10.0. The van der Waals surface area contributed by atoms with E-state index in [-0.39, 0.29) is 5.91 Å². The molecule has 6 heteroatoms. The van der Waals surface area contributed by atoms with Crippen LogP contribution in [0.15, 0.2) is 35.2 Å². The molecule has 0 unspecified atom stereocenters. The molecular weight excluding hydrogens is 306 g/mol. The van der Waals surface area contributed by atoms with Gasteiger partial charge in [-0.25, -0.2) is 0 Å². The van der Waals surface area contributed by atoms with Crippen molar-refractivity contribution in [2.45, 2.75) is 31.1 Å². The standard InChI is InChI=1S/C15H18ClN3OS/c1-10(2)13-9-14(19-18-13)17-15(20)7-8-21-12-5-3-11(16)4-6-12/h3-6,9-10H,7-8H2,1-2H3,(H2,17,18,19,20). The Kier molecular flexibility index (Phi) is 5.70. The van der Waals surface area contributed by atoms with Crippen molar-refractivity contribution in [3.05, 3.63) is 41.0 Å². The first-order valence-corrected chi connectivity index (χ1v) is 8.14. The zero-order chi connectivity index (χ0) is 15.2. The van der Waals surface area contributed by atoms with Gasteiger partial charge in [-0.1, -0.05) is 25.4 Å². The van der Waals surface area contributed by atoms with E-state index in [0.717, 1.165) is 21.4 Å². The smallest absolute Gasteiger partial charge is 0.226 e. The van der Waals surface area contributed by atoms with Crippen LogP contribution in [-0.4, -0.2) is 21.9 Å². The van der Waals surface area contributed by atoms with Crippen molar-refractivity contribution in [3.8, 4) is 0 Å². The molecule has 0 aliphatic carbocycles. The van der Waals surface area contributed by atoms with Gasteiger partial charge in [0.2, 0.25) is 5.91 Å². The van der Waals surface area contributed by atoms with E-state index in [1.54, 1.807) is 11.8 Å². The molecule has 0 aliphatic rings. The van der Waals surface area contributed by atoms with E-state index >= 15 is 0 Å². The number of hydrogen-bond donors (Lipinski definition) is 2. The summed E-state index contributed by atoms with van der Waals surface area (Å²) in [4.78, 5) is 12.9. The van der Waals surface area contributed by atoms with Crippen LogP contribution in [0.2, 0.25) is 5.02 Å². The quantitative estimate of drug-likeness (QED) is 0.779. The number of aromatic nitrogens is 2. The average Bonchev–Trinajstić information content (AvgIpc) is 2.90. The molecule has 0 radical (unpaired) electrons. The van der Waals surface area contributed by atoms with Crippen molar-refractivity contribution in [3.63, 3.8) is 0 Å². The van der Waals surface area contributed by atoms with Crippen molar-refractivity contribution in [2.24, 2.45) is 0 Å². The Morgan fingerprint density at radius 2 is 2.10 bits per heavy atom. The van der Waals surface area contributed by atoms with Crippen molar-refractivity contribution < 1.29 is 4.79 Å². The maximum atomic E-state index is 11.8. The van der Waals surface area contributed by atoms with E-state index in [4.69, 9.17) is 11.6 Å². The predicted octanol–water partition coefficient (Wildman–Crippen LogP) is 4.31. The second-order valence-corrected chi connectivity index (χ2v) is 6.57. The van der Waals surface area contributed by atoms with Gasteiger partial charge < -0.3 is 5.32 Å². The largest absolute Gasteiger partial charge is 0.309 e. The van der Waals surface area contributed by atoms with Crippen LogP contribution >= 0.6 is 23.4 Å². The molecule has 0 atom stereocenters. The highest BCUT2D eigenvalue weighted by Gasteiger charge is 2.08. The summed E-state index contributed by atoms with van der Waals surface area (Å²) in [7, 11) is 0. The van der Waals surface area contributed by atoms with Gasteiger partial charge >= 0.3 is 0 Å². The van der Waals surface area contributed by atoms with Crippen LogP contribution in [0, 0.1) is 0 Å². The minimum atomic E-state index is -0.0294. The lowest BCUT2D eigenvalue weighted by atomic mass is 10.1. The van der Waals surface area contributed by atoms with Gasteiger partial charge in [0.25, 0.3) is 0 Å². The summed E-state index contributed by atoms with van der Waals surface area (Å²) in [6.07, 6.45) is 0.442. The summed E-state index contributed by atoms with van der Waals surface area (Å²) in [6, 6.07) is 9.47. The summed E-state index contributed by atoms with van der Waals surface area (Å²) in [5.41, 5.74) is 1.01. The van der Waals surface area contributed by atoms with Crippen molar-refractivity contribution in [2.75, 3.05) is 11.1 Å². The van der Waals surface area contributed by atoms with E-state index in [1.165, 1.54) is 0 Å². The molecule has 0 saturated heterocycles. The molecule has 0 bridgehead atoms. The lowest BCUT2D eigenvalue weighted by Gasteiger charge is -2.02. The zero-order valence-corrected chi connectivity index (χ0v) is 13.6. The lowest BCUT2D eigenvalue weighted by Crippen LogP contribution is -2.12. The highest BCUT2D eigenvalue weighted by atomic mass is 35.5. The third kappa shape index (κ3) is 5.10. The van der Waals surface area contributed by atoms with Gasteiger partial charge in [-0.3, -0.25) is 9.89 Å². The van der Waals surface area contributed by atoms with Crippen molar-refractivity contribution in [1.82, 2.24) is 10.2 Å². The Bertz CT molecular complexity index is 595. The Labute approximate surface area is 133 Å². The van der Waals surface area contributed by atoms with Crippen molar-refractivity contribution >= 4 is 35.1 Å². The molecule has 4 nitrogen and oxygen atoms in total. The molecule has 21 heavy (non-hydrogen) atoms. The molecule has 1 heterocycles. The third-order valence-corrected chi connectivity index (χ3v) is 4.16. The number of carbonyl (C=O) groups excluding carboxylic acids is 1. The Balaban J connectivity index is 1.75. The first kappa shape index (κ1) is 15.9. The van der Waals surface area contributed by atoms with Crippen LogP contribution in [-0.2, 0) is 4.79 Å². The number of benzene rings is 1. The molecule has 1 aromatic heterocycles. The SMILES string of the molecule is CC(C)c1cc(NC(=O)CCSc2ccc(Cl)cc2)n[nH]1. The van der Waals surface area contributed by atoms with E-state index in [0.29, 0.717) is 18.2 Å². The summed E-state index contributed by atoms with van der Waals surface area (Å²) in [5, 5.41) is 10.5. The highest BCUT2D eigenvalue weighted by Crippen LogP contribution is 2.21. The molecule has 0 saturated carbocycles. The fourth-order valence-corrected chi connectivity index (χ4v) is 2.67. The van der Waals surface area contributed by atoms with Crippen LogP contribution in [0.4, 0.5) is 5.82 Å². The van der Waals surface area contributed by atoms with Gasteiger partial charge in [0, 0.05) is 33.9 Å². The van der Waals surface area contributed by atoms with Crippen molar-refractivity contribution in [1.29, 1.82) is 0 Å². The summed E-state index contributed by atoms with van der Waals surface area (Å²) in [5.74, 6) is 1.64. The van der Waals surface area contributed by atoms with E-state index in [2.05, 4.69) is 29.4 Å². The van der Waals surface area contributed by atoms with E-state index in [1.807, 2.05) is 30.3 Å². The maximum absolute atomic E-state index is 11.8. The fourth-order valence-electron chi connectivity index (χ4n) is 1.69. The number of halogens is 1. The number of nitrogens with zero attached hydrogens (tertiary/aromatic N) is 1. The average molecular weight is 324 g/mol. The third-order valence-electron chi connectivity index (χ3n) is 2.90. The van der Waals surface area contributed by atoms with Gasteiger partial charge in [-0.15, -0.1) is 11.8 Å². The molecule has 0 fully saturated rings. The number of carbonyl (C=O) groups is 1. The molecule has 2 N–H and O–H groups in total. The number of thioether (sulfide) groups is 1. The first-order valence-electron chi connectivity index (χ1n) is 6.78. The Morgan fingerprint density at radius 3 is 2.71 bits per heavy atom. The summed E-state index contributed by atoms with van der Waals surface area (Å²) in [6.45, 7) is 4.14. The zero-order valence-electron chi connectivity index (χ0n) is 12.0. The number of H-pyrrole nitrogens is 1. The Hall–Kier alpha value is -1.46. The summed E-state index contributed by atoms with van der Waals surface area (Å²) >= 11 is 7.46. The van der Waals surface area contributed by atoms with Gasteiger partial charge in [0.15, 0.2) is 5.82 Å². The van der Waals surface area contributed by atoms with Gasteiger partial charge in [-0.05, 0) is 30.2 Å². The number of aromatic amines is 1. The van der Waals surface area contributed by atoms with Crippen LogP contribution in [0.5, 0.6) is 0 Å². The Morgan fingerprint density at radius 1 is 1.38 bits per heavy atom. The number of amides is 1. The van der Waals surface area contributed by atoms with Crippen LogP contribution in [0.25, 0.3) is 0 Å².